The van der Waals surface area contributed by atoms with E-state index in [1.807, 2.05) is 27.1 Å². The fourth-order valence-electron chi connectivity index (χ4n) is 1.48. The molecule has 0 spiro atoms. The summed E-state index contributed by atoms with van der Waals surface area (Å²) in [5.41, 5.74) is 0.913. The fraction of sp³-hybridized carbons (Fsp3) is 0.583. The lowest BCUT2D eigenvalue weighted by Gasteiger charge is -2.18. The minimum atomic E-state index is -0.948. The molecule has 92 valence electrons. The largest absolute Gasteiger partial charge is 0.351 e. The van der Waals surface area contributed by atoms with Crippen LogP contribution in [0.15, 0.2) is 6.20 Å². The summed E-state index contributed by atoms with van der Waals surface area (Å²) in [5, 5.41) is 16.0. The molecule has 1 amide bonds. The van der Waals surface area contributed by atoms with E-state index in [0.29, 0.717) is 13.0 Å². The van der Waals surface area contributed by atoms with Crippen LogP contribution >= 0.6 is 0 Å². The molecule has 0 aliphatic rings. The van der Waals surface area contributed by atoms with Gasteiger partial charge in [-0.3, -0.25) is 9.48 Å². The molecule has 0 radical (unpaired) electrons. The van der Waals surface area contributed by atoms with Crippen LogP contribution in [0.1, 0.15) is 31.5 Å². The van der Waals surface area contributed by atoms with Crippen molar-refractivity contribution in [3.63, 3.8) is 0 Å². The molecule has 1 N–H and O–H groups in total. The third-order valence-corrected chi connectivity index (χ3v) is 3.01. The highest BCUT2D eigenvalue weighted by atomic mass is 16.2. The molecule has 5 nitrogen and oxygen atoms in total. The van der Waals surface area contributed by atoms with Crippen molar-refractivity contribution in [3.05, 3.63) is 17.5 Å². The Balaban J connectivity index is 2.66. The van der Waals surface area contributed by atoms with Gasteiger partial charge in [0.05, 0.1) is 11.8 Å². The van der Waals surface area contributed by atoms with Gasteiger partial charge in [-0.25, -0.2) is 0 Å². The second-order valence-electron chi connectivity index (χ2n) is 4.39. The Hall–Kier alpha value is -1.83. The molecule has 0 aliphatic heterocycles. The molecule has 0 aliphatic carbocycles. The van der Waals surface area contributed by atoms with Gasteiger partial charge in [-0.2, -0.15) is 10.4 Å². The van der Waals surface area contributed by atoms with Crippen LogP contribution in [0, 0.1) is 23.7 Å². The number of amides is 1. The Labute approximate surface area is 101 Å². The Morgan fingerprint density at radius 2 is 2.35 bits per heavy atom. The Morgan fingerprint density at radius 3 is 2.76 bits per heavy atom. The number of nitrogens with one attached hydrogen (secondary N) is 1. The minimum absolute atomic E-state index is 0.231. The third kappa shape index (κ3) is 2.84. The lowest BCUT2D eigenvalue weighted by molar-refractivity contribution is -0.127. The second-order valence-corrected chi connectivity index (χ2v) is 4.39. The average molecular weight is 234 g/mol. The molecule has 1 aromatic rings. The lowest BCUT2D eigenvalue weighted by Crippen LogP contribution is -2.37. The van der Waals surface area contributed by atoms with Crippen molar-refractivity contribution in [3.8, 4) is 6.07 Å². The Morgan fingerprint density at radius 1 is 1.71 bits per heavy atom. The quantitative estimate of drug-likeness (QED) is 0.853. The van der Waals surface area contributed by atoms with E-state index in [-0.39, 0.29) is 5.91 Å². The van der Waals surface area contributed by atoms with E-state index in [2.05, 4.69) is 16.5 Å². The van der Waals surface area contributed by atoms with Crippen molar-refractivity contribution in [1.29, 1.82) is 5.26 Å². The van der Waals surface area contributed by atoms with Crippen LogP contribution in [-0.4, -0.2) is 15.7 Å². The molecule has 17 heavy (non-hydrogen) atoms. The molecule has 0 bridgehead atoms. The van der Waals surface area contributed by atoms with Gasteiger partial charge >= 0.3 is 0 Å². The number of aromatic nitrogens is 2. The van der Waals surface area contributed by atoms with E-state index in [0.717, 1.165) is 11.3 Å². The summed E-state index contributed by atoms with van der Waals surface area (Å²) >= 11 is 0. The summed E-state index contributed by atoms with van der Waals surface area (Å²) in [5.74, 6) is -0.231. The molecule has 0 saturated carbocycles. The Bertz CT molecular complexity index is 458. The van der Waals surface area contributed by atoms with Crippen molar-refractivity contribution in [2.45, 2.75) is 33.7 Å². The molecule has 1 atom stereocenters. The summed E-state index contributed by atoms with van der Waals surface area (Å²) in [7, 11) is 1.84. The smallest absolute Gasteiger partial charge is 0.240 e. The fourth-order valence-corrected chi connectivity index (χ4v) is 1.48. The zero-order valence-corrected chi connectivity index (χ0v) is 10.7. The summed E-state index contributed by atoms with van der Waals surface area (Å²) in [6.07, 6.45) is 2.37. The van der Waals surface area contributed by atoms with Gasteiger partial charge in [-0.15, -0.1) is 0 Å². The van der Waals surface area contributed by atoms with Gasteiger partial charge < -0.3 is 5.32 Å². The summed E-state index contributed by atoms with van der Waals surface area (Å²) < 4.78 is 1.71. The lowest BCUT2D eigenvalue weighted by atomic mass is 9.88. The molecule has 1 aromatic heterocycles. The van der Waals surface area contributed by atoms with E-state index in [1.54, 1.807) is 11.6 Å². The highest BCUT2D eigenvalue weighted by Crippen LogP contribution is 2.19. The summed E-state index contributed by atoms with van der Waals surface area (Å²) in [6, 6.07) is 2.05. The predicted octanol–water partition coefficient (Wildman–Crippen LogP) is 1.28. The number of carbonyl (C=O) groups excluding carboxylic acids is 1. The SMILES string of the molecule is CCC(C)(C#N)C(=O)NCc1cn(C)nc1C. The van der Waals surface area contributed by atoms with Gasteiger partial charge in [-0.05, 0) is 20.3 Å². The van der Waals surface area contributed by atoms with Crippen LogP contribution in [0.4, 0.5) is 0 Å². The van der Waals surface area contributed by atoms with Gasteiger partial charge in [0.1, 0.15) is 5.41 Å². The predicted molar refractivity (Wildman–Crippen MR) is 63.8 cm³/mol. The number of nitriles is 1. The highest BCUT2D eigenvalue weighted by Gasteiger charge is 2.30. The van der Waals surface area contributed by atoms with Crippen molar-refractivity contribution in [2.75, 3.05) is 0 Å². The van der Waals surface area contributed by atoms with Crippen LogP contribution in [-0.2, 0) is 18.4 Å². The highest BCUT2D eigenvalue weighted by molar-refractivity contribution is 5.84. The third-order valence-electron chi connectivity index (χ3n) is 3.01. The molecular weight excluding hydrogens is 216 g/mol. The maximum atomic E-state index is 11.9. The van der Waals surface area contributed by atoms with E-state index < -0.39 is 5.41 Å². The van der Waals surface area contributed by atoms with Crippen molar-refractivity contribution in [1.82, 2.24) is 15.1 Å². The number of hydrogen-bond donors (Lipinski definition) is 1. The minimum Gasteiger partial charge on any atom is -0.351 e. The van der Waals surface area contributed by atoms with Gasteiger partial charge in [0, 0.05) is 25.4 Å². The van der Waals surface area contributed by atoms with Crippen LogP contribution in [0.3, 0.4) is 0 Å². The van der Waals surface area contributed by atoms with Gasteiger partial charge in [0.25, 0.3) is 0 Å². The van der Waals surface area contributed by atoms with Crippen LogP contribution < -0.4 is 5.32 Å². The molecule has 1 heterocycles. The molecule has 1 rings (SSSR count). The first kappa shape index (κ1) is 13.2. The molecule has 5 heteroatoms. The van der Waals surface area contributed by atoms with E-state index in [1.165, 1.54) is 0 Å². The zero-order chi connectivity index (χ0) is 13.1. The standard InChI is InChI=1S/C12H18N4O/c1-5-12(3,8-13)11(17)14-6-10-7-16(4)15-9(10)2/h7H,5-6H2,1-4H3,(H,14,17). The van der Waals surface area contributed by atoms with Gasteiger partial charge in [0.15, 0.2) is 0 Å². The second kappa shape index (κ2) is 5.00. The van der Waals surface area contributed by atoms with Crippen LogP contribution in [0.2, 0.25) is 0 Å². The van der Waals surface area contributed by atoms with Crippen molar-refractivity contribution < 1.29 is 4.79 Å². The average Bonchev–Trinajstić information content (AvgIpc) is 2.63. The number of rotatable bonds is 4. The summed E-state index contributed by atoms with van der Waals surface area (Å²) in [4.78, 5) is 11.9. The number of hydrogen-bond acceptors (Lipinski definition) is 3. The van der Waals surface area contributed by atoms with E-state index >= 15 is 0 Å². The topological polar surface area (TPSA) is 70.7 Å². The van der Waals surface area contributed by atoms with E-state index in [4.69, 9.17) is 5.26 Å². The first-order valence-electron chi connectivity index (χ1n) is 5.61. The van der Waals surface area contributed by atoms with Gasteiger partial charge in [0.2, 0.25) is 5.91 Å². The zero-order valence-electron chi connectivity index (χ0n) is 10.7. The number of aryl methyl sites for hydroxylation is 2. The molecular formula is C12H18N4O. The van der Waals surface area contributed by atoms with Crippen LogP contribution in [0.5, 0.6) is 0 Å². The Kier molecular flexibility index (Phi) is 3.89. The van der Waals surface area contributed by atoms with Crippen molar-refractivity contribution in [2.24, 2.45) is 12.5 Å². The number of carbonyl (C=O) groups is 1. The maximum Gasteiger partial charge on any atom is 0.240 e. The van der Waals surface area contributed by atoms with Crippen LogP contribution in [0.25, 0.3) is 0 Å². The number of nitrogens with zero attached hydrogens (tertiary/aromatic N) is 3. The first-order chi connectivity index (χ1) is 7.92. The van der Waals surface area contributed by atoms with E-state index in [9.17, 15) is 4.79 Å². The molecule has 0 fully saturated rings. The summed E-state index contributed by atoms with van der Waals surface area (Å²) in [6.45, 7) is 5.79. The normalized spacial score (nSPS) is 13.8. The van der Waals surface area contributed by atoms with Gasteiger partial charge in [-0.1, -0.05) is 6.92 Å². The molecule has 0 saturated heterocycles. The monoisotopic (exact) mass is 234 g/mol. The molecule has 1 unspecified atom stereocenters. The maximum absolute atomic E-state index is 11.9. The molecule has 0 aromatic carbocycles. The first-order valence-corrected chi connectivity index (χ1v) is 5.61. The van der Waals surface area contributed by atoms with Crippen molar-refractivity contribution >= 4 is 5.91 Å².